The Hall–Kier alpha value is -2.41. The zero-order valence-corrected chi connectivity index (χ0v) is 19.3. The standard InChI is InChI=1S/C26H33FN4O2/c1-16-5-8-21-23(31(16)26(32)17-6-7-17)10-9-20(25(21)33-19-3-2-4-19)18-13-29-30(15-18)24-11-12-28-14-22(24)27/h9-10,13,15-17,19,22,24,28H,2-8,11-12,14H2,1H3. The molecular weight excluding hydrogens is 419 g/mol. The average Bonchev–Trinajstić information content (AvgIpc) is 3.53. The number of alkyl halides is 1. The SMILES string of the molecule is CC1CCc2c(ccc(-c3cnn(C4CCNCC4F)c3)c2OC2CCC2)N1C(=O)C1CC1. The zero-order chi connectivity index (χ0) is 22.5. The molecule has 2 saturated carbocycles. The van der Waals surface area contributed by atoms with Crippen LogP contribution in [0.5, 0.6) is 5.75 Å². The van der Waals surface area contributed by atoms with Gasteiger partial charge in [0.2, 0.25) is 5.91 Å². The lowest BCUT2D eigenvalue weighted by Gasteiger charge is -2.38. The highest BCUT2D eigenvalue weighted by atomic mass is 19.1. The predicted octanol–water partition coefficient (Wildman–Crippen LogP) is 4.43. The molecule has 3 unspecified atom stereocenters. The molecule has 3 atom stereocenters. The summed E-state index contributed by atoms with van der Waals surface area (Å²) in [7, 11) is 0. The van der Waals surface area contributed by atoms with Crippen LogP contribution in [0.3, 0.4) is 0 Å². The molecule has 2 aliphatic carbocycles. The van der Waals surface area contributed by atoms with Crippen LogP contribution in [0.1, 0.15) is 63.5 Å². The molecule has 0 spiro atoms. The summed E-state index contributed by atoms with van der Waals surface area (Å²) in [5.74, 6) is 1.35. The molecule has 176 valence electrons. The molecule has 0 bridgehead atoms. The Morgan fingerprint density at radius 1 is 1.18 bits per heavy atom. The Balaban J connectivity index is 1.39. The minimum Gasteiger partial charge on any atom is -0.489 e. The minimum atomic E-state index is -0.941. The third-order valence-electron chi connectivity index (χ3n) is 7.87. The number of benzene rings is 1. The van der Waals surface area contributed by atoms with Crippen molar-refractivity contribution in [1.82, 2.24) is 15.1 Å². The van der Waals surface area contributed by atoms with Gasteiger partial charge in [-0.3, -0.25) is 9.48 Å². The molecule has 6 nitrogen and oxygen atoms in total. The summed E-state index contributed by atoms with van der Waals surface area (Å²) < 4.78 is 22.9. The number of ether oxygens (including phenoxy) is 1. The number of anilines is 1. The quantitative estimate of drug-likeness (QED) is 0.729. The molecule has 0 radical (unpaired) electrons. The van der Waals surface area contributed by atoms with E-state index in [1.165, 1.54) is 6.42 Å². The Morgan fingerprint density at radius 3 is 2.76 bits per heavy atom. The highest BCUT2D eigenvalue weighted by molar-refractivity contribution is 5.99. The van der Waals surface area contributed by atoms with Gasteiger partial charge in [-0.15, -0.1) is 0 Å². The average molecular weight is 453 g/mol. The van der Waals surface area contributed by atoms with Gasteiger partial charge in [-0.05, 0) is 77.0 Å². The second-order valence-electron chi connectivity index (χ2n) is 10.3. The highest BCUT2D eigenvalue weighted by Crippen LogP contribution is 2.46. The van der Waals surface area contributed by atoms with Gasteiger partial charge in [-0.2, -0.15) is 5.10 Å². The van der Waals surface area contributed by atoms with E-state index in [-0.39, 0.29) is 30.0 Å². The van der Waals surface area contributed by atoms with Crippen LogP contribution >= 0.6 is 0 Å². The maximum Gasteiger partial charge on any atom is 0.230 e. The lowest BCUT2D eigenvalue weighted by Crippen LogP contribution is -2.43. The van der Waals surface area contributed by atoms with Crippen LogP contribution in [0.2, 0.25) is 0 Å². The third-order valence-corrected chi connectivity index (χ3v) is 7.87. The van der Waals surface area contributed by atoms with Crippen molar-refractivity contribution in [3.63, 3.8) is 0 Å². The van der Waals surface area contributed by atoms with E-state index >= 15 is 0 Å². The smallest absolute Gasteiger partial charge is 0.230 e. The van der Waals surface area contributed by atoms with Gasteiger partial charge in [0, 0.05) is 41.4 Å². The molecule has 1 amide bonds. The van der Waals surface area contributed by atoms with E-state index in [9.17, 15) is 9.18 Å². The monoisotopic (exact) mass is 452 g/mol. The Bertz CT molecular complexity index is 1040. The van der Waals surface area contributed by atoms with E-state index in [0.29, 0.717) is 6.54 Å². The van der Waals surface area contributed by atoms with Crippen LogP contribution in [0.4, 0.5) is 10.1 Å². The molecule has 1 aromatic carbocycles. The van der Waals surface area contributed by atoms with Crippen LogP contribution in [-0.2, 0) is 11.2 Å². The van der Waals surface area contributed by atoms with Crippen molar-refractivity contribution in [3.8, 4) is 16.9 Å². The van der Waals surface area contributed by atoms with Crippen molar-refractivity contribution >= 4 is 11.6 Å². The number of nitrogens with zero attached hydrogens (tertiary/aromatic N) is 3. The van der Waals surface area contributed by atoms with E-state index < -0.39 is 6.17 Å². The van der Waals surface area contributed by atoms with Crippen LogP contribution < -0.4 is 15.0 Å². The maximum absolute atomic E-state index is 14.5. The van der Waals surface area contributed by atoms with Crippen molar-refractivity contribution in [3.05, 3.63) is 30.1 Å². The number of fused-ring (bicyclic) bond motifs is 1. The first-order chi connectivity index (χ1) is 16.1. The van der Waals surface area contributed by atoms with Crippen LogP contribution in [-0.4, -0.2) is 47.1 Å². The summed E-state index contributed by atoms with van der Waals surface area (Å²) in [5, 5.41) is 7.66. The largest absolute Gasteiger partial charge is 0.489 e. The van der Waals surface area contributed by atoms with E-state index in [1.807, 2.05) is 17.3 Å². The van der Waals surface area contributed by atoms with E-state index in [2.05, 4.69) is 29.5 Å². The maximum atomic E-state index is 14.5. The number of rotatable bonds is 5. The summed E-state index contributed by atoms with van der Waals surface area (Å²) in [5.41, 5.74) is 4.11. The van der Waals surface area contributed by atoms with E-state index in [4.69, 9.17) is 4.74 Å². The number of hydrogen-bond acceptors (Lipinski definition) is 4. The van der Waals surface area contributed by atoms with Crippen LogP contribution in [0.15, 0.2) is 24.5 Å². The van der Waals surface area contributed by atoms with Crippen molar-refractivity contribution in [2.45, 2.75) is 82.6 Å². The van der Waals surface area contributed by atoms with Gasteiger partial charge in [0.1, 0.15) is 11.9 Å². The fraction of sp³-hybridized carbons (Fsp3) is 0.615. The summed E-state index contributed by atoms with van der Waals surface area (Å²) in [6.45, 7) is 3.33. The van der Waals surface area contributed by atoms with Gasteiger partial charge in [0.15, 0.2) is 0 Å². The van der Waals surface area contributed by atoms with Gasteiger partial charge in [0.05, 0.1) is 24.0 Å². The van der Waals surface area contributed by atoms with Gasteiger partial charge in [-0.1, -0.05) is 0 Å². The number of aromatic nitrogens is 2. The number of amides is 1. The molecule has 1 N–H and O–H groups in total. The van der Waals surface area contributed by atoms with Crippen molar-refractivity contribution < 1.29 is 13.9 Å². The van der Waals surface area contributed by atoms with Crippen molar-refractivity contribution in [1.29, 1.82) is 0 Å². The first kappa shape index (κ1) is 21.1. The Morgan fingerprint density at radius 2 is 2.03 bits per heavy atom. The fourth-order valence-electron chi connectivity index (χ4n) is 5.45. The number of piperidine rings is 1. The van der Waals surface area contributed by atoms with Crippen LogP contribution in [0.25, 0.3) is 11.1 Å². The molecule has 3 heterocycles. The molecule has 3 fully saturated rings. The van der Waals surface area contributed by atoms with Gasteiger partial charge in [0.25, 0.3) is 0 Å². The normalized spacial score (nSPS) is 27.7. The first-order valence-electron chi connectivity index (χ1n) is 12.6. The Labute approximate surface area is 194 Å². The number of carbonyl (C=O) groups excluding carboxylic acids is 1. The minimum absolute atomic E-state index is 0.186. The highest BCUT2D eigenvalue weighted by Gasteiger charge is 2.39. The van der Waals surface area contributed by atoms with E-state index in [1.54, 1.807) is 4.68 Å². The van der Waals surface area contributed by atoms with Gasteiger partial charge in [-0.25, -0.2) is 4.39 Å². The molecule has 1 saturated heterocycles. The van der Waals surface area contributed by atoms with Crippen molar-refractivity contribution in [2.75, 3.05) is 18.0 Å². The second kappa shape index (κ2) is 8.42. The molecular formula is C26H33FN4O2. The molecule has 1 aromatic heterocycles. The molecule has 2 aliphatic heterocycles. The second-order valence-corrected chi connectivity index (χ2v) is 10.3. The Kier molecular flexibility index (Phi) is 5.40. The number of hydrogen-bond donors (Lipinski definition) is 1. The van der Waals surface area contributed by atoms with Gasteiger partial charge < -0.3 is 15.0 Å². The summed E-state index contributed by atoms with van der Waals surface area (Å²) in [6.07, 6.45) is 11.0. The lowest BCUT2D eigenvalue weighted by molar-refractivity contribution is -0.120. The summed E-state index contributed by atoms with van der Waals surface area (Å²) in [4.78, 5) is 15.2. The summed E-state index contributed by atoms with van der Waals surface area (Å²) >= 11 is 0. The molecule has 4 aliphatic rings. The zero-order valence-electron chi connectivity index (χ0n) is 19.3. The molecule has 7 heteroatoms. The number of carbonyl (C=O) groups is 1. The van der Waals surface area contributed by atoms with Gasteiger partial charge >= 0.3 is 0 Å². The fourth-order valence-corrected chi connectivity index (χ4v) is 5.45. The van der Waals surface area contributed by atoms with E-state index in [0.717, 1.165) is 79.6 Å². The van der Waals surface area contributed by atoms with Crippen LogP contribution in [0, 0.1) is 5.92 Å². The third kappa shape index (κ3) is 3.84. The first-order valence-corrected chi connectivity index (χ1v) is 12.6. The van der Waals surface area contributed by atoms with Crippen molar-refractivity contribution in [2.24, 2.45) is 5.92 Å². The molecule has 6 rings (SSSR count). The summed E-state index contributed by atoms with van der Waals surface area (Å²) in [6, 6.07) is 4.14. The number of halogens is 1. The number of nitrogens with one attached hydrogen (secondary N) is 1. The topological polar surface area (TPSA) is 59.4 Å². The molecule has 33 heavy (non-hydrogen) atoms. The predicted molar refractivity (Wildman–Crippen MR) is 125 cm³/mol. The lowest BCUT2D eigenvalue weighted by atomic mass is 9.91. The molecule has 2 aromatic rings.